The molecule has 0 aromatic rings. The van der Waals surface area contributed by atoms with Crippen molar-refractivity contribution in [3.63, 3.8) is 0 Å². The van der Waals surface area contributed by atoms with Gasteiger partial charge < -0.3 is 10.2 Å². The molecule has 0 unspecified atom stereocenters. The molecule has 0 atom stereocenters. The zero-order chi connectivity index (χ0) is 7.56. The molecule has 3 nitrogen and oxygen atoms in total. The summed E-state index contributed by atoms with van der Waals surface area (Å²) in [7, 11) is 0. The van der Waals surface area contributed by atoms with Gasteiger partial charge in [0.15, 0.2) is 5.70 Å². The quantitative estimate of drug-likeness (QED) is 0.494. The predicted molar refractivity (Wildman–Crippen MR) is 37.1 cm³/mol. The number of nitrogens with one attached hydrogen (secondary N) is 1. The second-order valence-corrected chi connectivity index (χ2v) is 1.92. The Kier molecular flexibility index (Phi) is 1.43. The summed E-state index contributed by atoms with van der Waals surface area (Å²) in [5.74, 6) is 0.333. The van der Waals surface area contributed by atoms with Crippen LogP contribution in [0.25, 0.3) is 9.69 Å². The molecule has 1 aliphatic rings. The van der Waals surface area contributed by atoms with E-state index in [0.29, 0.717) is 17.9 Å². The van der Waals surface area contributed by atoms with Gasteiger partial charge >= 0.3 is 0 Å². The molecule has 0 aromatic heterocycles. The predicted octanol–water partition coefficient (Wildman–Crippen LogP) is 1.50. The van der Waals surface area contributed by atoms with Gasteiger partial charge in [-0.05, 0) is 0 Å². The van der Waals surface area contributed by atoms with E-state index in [1.807, 2.05) is 0 Å². The van der Waals surface area contributed by atoms with Crippen LogP contribution in [0.1, 0.15) is 6.42 Å². The van der Waals surface area contributed by atoms with E-state index < -0.39 is 0 Å². The molecule has 0 aliphatic carbocycles. The highest BCUT2D eigenvalue weighted by Gasteiger charge is 2.17. The largest absolute Gasteiger partial charge is 0.375 e. The Bertz CT molecular complexity index is 257. The second-order valence-electron chi connectivity index (χ2n) is 1.92. The van der Waals surface area contributed by atoms with Crippen LogP contribution in [0, 0.1) is 13.1 Å². The molecule has 10 heavy (non-hydrogen) atoms. The summed E-state index contributed by atoms with van der Waals surface area (Å²) in [5, 5.41) is 2.72. The van der Waals surface area contributed by atoms with Gasteiger partial charge in [-0.3, -0.25) is 4.85 Å². The van der Waals surface area contributed by atoms with Crippen LogP contribution in [0.3, 0.4) is 0 Å². The molecule has 0 aromatic carbocycles. The molecular weight excluding hydrogens is 126 g/mol. The maximum atomic E-state index is 6.67. The summed E-state index contributed by atoms with van der Waals surface area (Å²) in [5.41, 5.74) is 1.21. The fraction of sp³-hybridized carbons (Fsp3) is 0.143. The molecule has 0 spiro atoms. The highest BCUT2D eigenvalue weighted by molar-refractivity contribution is 5.35. The Morgan fingerprint density at radius 2 is 2.10 bits per heavy atom. The Morgan fingerprint density at radius 3 is 2.50 bits per heavy atom. The third kappa shape index (κ3) is 0.852. The van der Waals surface area contributed by atoms with Crippen LogP contribution < -0.4 is 5.32 Å². The Hall–Kier alpha value is -1.74. The van der Waals surface area contributed by atoms with Gasteiger partial charge in [-0.1, -0.05) is 13.2 Å². The van der Waals surface area contributed by atoms with Gasteiger partial charge in [0.1, 0.15) is 0 Å². The summed E-state index contributed by atoms with van der Waals surface area (Å²) in [6.07, 6.45) is 0.501. The average molecular weight is 131 g/mol. The van der Waals surface area contributed by atoms with Crippen molar-refractivity contribution < 1.29 is 0 Å². The lowest BCUT2D eigenvalue weighted by Gasteiger charge is -1.90. The first kappa shape index (κ1) is 6.38. The van der Waals surface area contributed by atoms with Crippen LogP contribution in [0.4, 0.5) is 0 Å². The first-order valence-electron chi connectivity index (χ1n) is 2.71. The van der Waals surface area contributed by atoms with E-state index in [-0.39, 0.29) is 0 Å². The summed E-state index contributed by atoms with van der Waals surface area (Å²) < 4.78 is 0. The molecule has 0 bridgehead atoms. The van der Waals surface area contributed by atoms with Crippen molar-refractivity contribution in [2.24, 2.45) is 0 Å². The van der Waals surface area contributed by atoms with E-state index in [1.54, 1.807) is 0 Å². The maximum Gasteiger partial charge on any atom is 0.229 e. The highest BCUT2D eigenvalue weighted by atomic mass is 15.1. The van der Waals surface area contributed by atoms with Crippen LogP contribution in [0.15, 0.2) is 23.8 Å². The van der Waals surface area contributed by atoms with Crippen molar-refractivity contribution in [1.82, 2.24) is 5.32 Å². The minimum atomic E-state index is 0.333. The lowest BCUT2D eigenvalue weighted by molar-refractivity contribution is 1.04. The van der Waals surface area contributed by atoms with E-state index in [4.69, 9.17) is 13.1 Å². The molecular formula is C7H5N3. The van der Waals surface area contributed by atoms with Gasteiger partial charge in [0.2, 0.25) is 5.82 Å². The number of rotatable bonds is 0. The monoisotopic (exact) mass is 131 g/mol. The van der Waals surface area contributed by atoms with Crippen LogP contribution in [0.5, 0.6) is 0 Å². The second kappa shape index (κ2) is 2.24. The SMILES string of the molecule is [C-]#[N+]C1=C([N+]#[C-])NC(=C)C1. The molecule has 0 fully saturated rings. The van der Waals surface area contributed by atoms with Crippen LogP contribution in [-0.2, 0) is 0 Å². The van der Waals surface area contributed by atoms with Gasteiger partial charge in [0.05, 0.1) is 12.3 Å². The third-order valence-electron chi connectivity index (χ3n) is 1.20. The van der Waals surface area contributed by atoms with Gasteiger partial charge in [0, 0.05) is 6.42 Å². The maximum absolute atomic E-state index is 6.67. The van der Waals surface area contributed by atoms with Crippen LogP contribution >= 0.6 is 0 Å². The smallest absolute Gasteiger partial charge is 0.229 e. The summed E-state index contributed by atoms with van der Waals surface area (Å²) in [4.78, 5) is 6.32. The first-order valence-corrected chi connectivity index (χ1v) is 2.71. The van der Waals surface area contributed by atoms with Crippen LogP contribution in [0.2, 0.25) is 0 Å². The van der Waals surface area contributed by atoms with Crippen molar-refractivity contribution >= 4 is 0 Å². The first-order chi connectivity index (χ1) is 4.77. The van der Waals surface area contributed by atoms with E-state index in [9.17, 15) is 0 Å². The van der Waals surface area contributed by atoms with Gasteiger partial charge in [0.25, 0.3) is 0 Å². The summed E-state index contributed by atoms with van der Waals surface area (Å²) in [6.45, 7) is 16.9. The van der Waals surface area contributed by atoms with Gasteiger partial charge in [-0.15, -0.1) is 0 Å². The molecule has 0 saturated heterocycles. The fourth-order valence-electron chi connectivity index (χ4n) is 0.755. The van der Waals surface area contributed by atoms with Crippen molar-refractivity contribution in [2.45, 2.75) is 6.42 Å². The van der Waals surface area contributed by atoms with E-state index >= 15 is 0 Å². The minimum Gasteiger partial charge on any atom is -0.375 e. The molecule has 1 heterocycles. The standard InChI is InChI=1S/C7H5N3/c1-5-4-6(8-2)7(9-3)10-5/h10H,1,4H2. The molecule has 48 valence electrons. The molecule has 1 rings (SSSR count). The van der Waals surface area contributed by atoms with Gasteiger partial charge in [-0.25, -0.2) is 0 Å². The zero-order valence-electron chi connectivity index (χ0n) is 5.31. The highest BCUT2D eigenvalue weighted by Crippen LogP contribution is 2.21. The van der Waals surface area contributed by atoms with E-state index in [0.717, 1.165) is 5.70 Å². The van der Waals surface area contributed by atoms with Crippen molar-refractivity contribution in [3.05, 3.63) is 46.6 Å². The Labute approximate surface area is 59.3 Å². The van der Waals surface area contributed by atoms with E-state index in [1.165, 1.54) is 0 Å². The molecule has 1 aliphatic heterocycles. The van der Waals surface area contributed by atoms with Crippen molar-refractivity contribution in [3.8, 4) is 0 Å². The lowest BCUT2D eigenvalue weighted by atomic mass is 10.3. The molecule has 0 radical (unpaired) electrons. The average Bonchev–Trinajstić information content (AvgIpc) is 2.30. The third-order valence-corrected chi connectivity index (χ3v) is 1.20. The number of hydrogen-bond acceptors (Lipinski definition) is 1. The minimum absolute atomic E-state index is 0.333. The van der Waals surface area contributed by atoms with E-state index in [2.05, 4.69) is 21.6 Å². The summed E-state index contributed by atoms with van der Waals surface area (Å²) >= 11 is 0. The van der Waals surface area contributed by atoms with Crippen LogP contribution in [-0.4, -0.2) is 0 Å². The van der Waals surface area contributed by atoms with Crippen molar-refractivity contribution in [1.29, 1.82) is 0 Å². The normalized spacial score (nSPS) is 16.0. The summed E-state index contributed by atoms with van der Waals surface area (Å²) in [6, 6.07) is 0. The number of nitrogens with zero attached hydrogens (tertiary/aromatic N) is 2. The molecule has 0 amide bonds. The molecule has 1 N–H and O–H groups in total. The fourth-order valence-corrected chi connectivity index (χ4v) is 0.755. The topological polar surface area (TPSA) is 20.8 Å². The zero-order valence-corrected chi connectivity index (χ0v) is 5.31. The molecule has 0 saturated carbocycles. The Balaban J connectivity index is 2.97. The Morgan fingerprint density at radius 1 is 1.40 bits per heavy atom. The lowest BCUT2D eigenvalue weighted by Crippen LogP contribution is -2.00. The van der Waals surface area contributed by atoms with Crippen molar-refractivity contribution in [2.75, 3.05) is 0 Å². The molecule has 3 heteroatoms. The number of hydrogen-bond donors (Lipinski definition) is 1. The van der Waals surface area contributed by atoms with Gasteiger partial charge in [-0.2, -0.15) is 0 Å².